The van der Waals surface area contributed by atoms with Crippen molar-refractivity contribution in [1.82, 2.24) is 9.97 Å². The Bertz CT molecular complexity index is 1220. The number of rotatable bonds is 6. The summed E-state index contributed by atoms with van der Waals surface area (Å²) in [6.07, 6.45) is 3.21. The minimum Gasteiger partial charge on any atom is -1.00 e. The van der Waals surface area contributed by atoms with E-state index >= 15 is 0 Å². The van der Waals surface area contributed by atoms with Crippen molar-refractivity contribution in [1.29, 1.82) is 0 Å². The van der Waals surface area contributed by atoms with Gasteiger partial charge in [0.1, 0.15) is 24.7 Å². The Kier molecular flexibility index (Phi) is 7.20. The molecule has 0 saturated carbocycles. The lowest BCUT2D eigenvalue weighted by atomic mass is 10.1. The maximum Gasteiger partial charge on any atom is 0.259 e. The minimum atomic E-state index is -0.153. The number of hydrogen-bond donors (Lipinski definition) is 1. The van der Waals surface area contributed by atoms with Gasteiger partial charge in [-0.15, -0.1) is 0 Å². The molecule has 154 valence electrons. The van der Waals surface area contributed by atoms with Gasteiger partial charge in [-0.2, -0.15) is 0 Å². The van der Waals surface area contributed by atoms with Crippen LogP contribution in [0.15, 0.2) is 71.7 Å². The number of hydrogen-bond acceptors (Lipinski definition) is 3. The molecule has 0 bridgehead atoms. The molecule has 0 spiro atoms. The van der Waals surface area contributed by atoms with Crippen LogP contribution in [0.3, 0.4) is 0 Å². The Morgan fingerprint density at radius 2 is 1.83 bits per heavy atom. The minimum absolute atomic E-state index is 0. The predicted octanol–water partition coefficient (Wildman–Crippen LogP) is 1.18. The molecule has 1 N–H and O–H groups in total. The third-order valence-electron chi connectivity index (χ3n) is 4.93. The summed E-state index contributed by atoms with van der Waals surface area (Å²) in [6.45, 7) is 5.74. The maximum atomic E-state index is 12.4. The lowest BCUT2D eigenvalue weighted by Crippen LogP contribution is -3.00. The van der Waals surface area contributed by atoms with Crippen molar-refractivity contribution < 1.29 is 33.3 Å². The summed E-state index contributed by atoms with van der Waals surface area (Å²) in [5.74, 6) is 1.20. The summed E-state index contributed by atoms with van der Waals surface area (Å²) < 4.78 is 8.35. The first-order chi connectivity index (χ1) is 14.2. The van der Waals surface area contributed by atoms with E-state index in [4.69, 9.17) is 4.74 Å². The average Bonchev–Trinajstić information content (AvgIpc) is 2.74. The van der Waals surface area contributed by atoms with Crippen LogP contribution >= 0.6 is 0 Å². The number of aromatic amines is 1. The number of nitrogens with zero attached hydrogens (tertiary/aromatic N) is 2. The molecule has 5 nitrogen and oxygen atoms in total. The topological polar surface area (TPSA) is 58.9 Å². The number of H-pyrrole nitrogens is 1. The van der Waals surface area contributed by atoms with Crippen LogP contribution in [0.5, 0.6) is 5.75 Å². The fourth-order valence-corrected chi connectivity index (χ4v) is 3.45. The van der Waals surface area contributed by atoms with Crippen molar-refractivity contribution in [2.24, 2.45) is 0 Å². The summed E-state index contributed by atoms with van der Waals surface area (Å²) in [4.78, 5) is 20.0. The first-order valence-electron chi connectivity index (χ1n) is 9.86. The number of nitrogens with one attached hydrogen (secondary N) is 1. The van der Waals surface area contributed by atoms with Crippen molar-refractivity contribution in [2.75, 3.05) is 0 Å². The van der Waals surface area contributed by atoms with Crippen molar-refractivity contribution in [3.8, 4) is 17.1 Å². The van der Waals surface area contributed by atoms with E-state index in [9.17, 15) is 4.79 Å². The van der Waals surface area contributed by atoms with Gasteiger partial charge in [-0.3, -0.25) is 4.79 Å². The quantitative estimate of drug-likeness (QED) is 0.311. The Balaban J connectivity index is 0.00000256. The standard InChI is InChI=1S/C24H23N3O2.HI/c1-3-13-27-14-12-18(15-17(27)2)16-29-22-11-7-5-9-20(22)23-25-21-10-6-4-8-19(21)24(28)26-23;/h4-12,14-15H,3,13,16H2,1-2H3;1H. The number of aryl methyl sites for hydroxylation is 2. The molecule has 0 aliphatic heterocycles. The van der Waals surface area contributed by atoms with Gasteiger partial charge < -0.3 is 33.7 Å². The molecule has 4 aromatic rings. The number of benzene rings is 2. The van der Waals surface area contributed by atoms with Crippen molar-refractivity contribution >= 4 is 10.9 Å². The van der Waals surface area contributed by atoms with E-state index in [0.717, 1.165) is 24.1 Å². The van der Waals surface area contributed by atoms with Crippen LogP contribution in [-0.2, 0) is 13.2 Å². The van der Waals surface area contributed by atoms with Gasteiger partial charge in [0.15, 0.2) is 11.9 Å². The largest absolute Gasteiger partial charge is 1.00 e. The highest BCUT2D eigenvalue weighted by atomic mass is 127. The smallest absolute Gasteiger partial charge is 0.259 e. The van der Waals surface area contributed by atoms with Crippen molar-refractivity contribution in [3.63, 3.8) is 0 Å². The molecule has 4 rings (SSSR count). The van der Waals surface area contributed by atoms with E-state index in [2.05, 4.69) is 46.7 Å². The molecular formula is C24H24IN3O2. The van der Waals surface area contributed by atoms with Crippen LogP contribution in [-0.4, -0.2) is 9.97 Å². The third-order valence-corrected chi connectivity index (χ3v) is 4.93. The van der Waals surface area contributed by atoms with Gasteiger partial charge in [-0.05, 0) is 24.3 Å². The molecule has 0 fully saturated rings. The lowest BCUT2D eigenvalue weighted by Gasteiger charge is -2.12. The van der Waals surface area contributed by atoms with Gasteiger partial charge in [0.05, 0.1) is 16.5 Å². The second kappa shape index (κ2) is 9.84. The highest BCUT2D eigenvalue weighted by molar-refractivity contribution is 5.80. The molecule has 30 heavy (non-hydrogen) atoms. The zero-order valence-electron chi connectivity index (χ0n) is 17.1. The third kappa shape index (κ3) is 4.70. The SMILES string of the molecule is CCC[n+]1ccc(COc2ccccc2-c2nc3ccccc3c(=O)[nH]2)cc1C.[I-]. The number of ether oxygens (including phenoxy) is 1. The van der Waals surface area contributed by atoms with E-state index in [1.165, 1.54) is 5.69 Å². The molecular weight excluding hydrogens is 489 g/mol. The monoisotopic (exact) mass is 513 g/mol. The molecule has 0 amide bonds. The van der Waals surface area contributed by atoms with E-state index < -0.39 is 0 Å². The molecule has 0 atom stereocenters. The summed E-state index contributed by atoms with van der Waals surface area (Å²) in [5.41, 5.74) is 3.59. The highest BCUT2D eigenvalue weighted by Gasteiger charge is 2.12. The molecule has 2 aromatic heterocycles. The first kappa shape index (κ1) is 22.0. The van der Waals surface area contributed by atoms with Gasteiger partial charge in [0.25, 0.3) is 5.56 Å². The lowest BCUT2D eigenvalue weighted by molar-refractivity contribution is -0.702. The Hall–Kier alpha value is -2.74. The van der Waals surface area contributed by atoms with Crippen molar-refractivity contribution in [3.05, 3.63) is 88.5 Å². The van der Waals surface area contributed by atoms with Gasteiger partial charge in [-0.25, -0.2) is 9.55 Å². The van der Waals surface area contributed by atoms with Crippen molar-refractivity contribution in [2.45, 2.75) is 33.4 Å². The van der Waals surface area contributed by atoms with Crippen LogP contribution in [0.1, 0.15) is 24.6 Å². The summed E-state index contributed by atoms with van der Waals surface area (Å²) in [6, 6.07) is 19.2. The van der Waals surface area contributed by atoms with E-state index in [-0.39, 0.29) is 29.5 Å². The molecule has 2 heterocycles. The second-order valence-electron chi connectivity index (χ2n) is 7.09. The van der Waals surface area contributed by atoms with Crippen LogP contribution in [0.25, 0.3) is 22.3 Å². The van der Waals surface area contributed by atoms with Gasteiger partial charge in [0.2, 0.25) is 0 Å². The molecule has 6 heteroatoms. The molecule has 2 aromatic carbocycles. The zero-order chi connectivity index (χ0) is 20.2. The van der Waals surface area contributed by atoms with Gasteiger partial charge in [0, 0.05) is 31.0 Å². The van der Waals surface area contributed by atoms with Crippen LogP contribution in [0.4, 0.5) is 0 Å². The highest BCUT2D eigenvalue weighted by Crippen LogP contribution is 2.28. The number of aromatic nitrogens is 3. The van der Waals surface area contributed by atoms with Crippen LogP contribution in [0, 0.1) is 6.92 Å². The van der Waals surface area contributed by atoms with E-state index in [0.29, 0.717) is 29.1 Å². The number of para-hydroxylation sites is 2. The van der Waals surface area contributed by atoms with Crippen LogP contribution in [0.2, 0.25) is 0 Å². The second-order valence-corrected chi connectivity index (χ2v) is 7.09. The van der Waals surface area contributed by atoms with Crippen LogP contribution < -0.4 is 38.8 Å². The Morgan fingerprint density at radius 1 is 1.07 bits per heavy atom. The van der Waals surface area contributed by atoms with Gasteiger partial charge in [-0.1, -0.05) is 31.2 Å². The molecule has 0 saturated heterocycles. The fraction of sp³-hybridized carbons (Fsp3) is 0.208. The zero-order valence-corrected chi connectivity index (χ0v) is 19.2. The maximum absolute atomic E-state index is 12.4. The molecule has 0 aliphatic carbocycles. The van der Waals surface area contributed by atoms with E-state index in [1.807, 2.05) is 42.5 Å². The first-order valence-corrected chi connectivity index (χ1v) is 9.86. The summed E-state index contributed by atoms with van der Waals surface area (Å²) >= 11 is 0. The molecule has 0 unspecified atom stereocenters. The number of fused-ring (bicyclic) bond motifs is 1. The summed E-state index contributed by atoms with van der Waals surface area (Å²) in [7, 11) is 0. The average molecular weight is 513 g/mol. The molecule has 0 aliphatic rings. The normalized spacial score (nSPS) is 10.6. The Morgan fingerprint density at radius 3 is 2.63 bits per heavy atom. The fourth-order valence-electron chi connectivity index (χ4n) is 3.45. The van der Waals surface area contributed by atoms with Gasteiger partial charge >= 0.3 is 0 Å². The number of halogens is 1. The number of pyridine rings is 1. The summed E-state index contributed by atoms with van der Waals surface area (Å²) in [5, 5.41) is 0.579. The molecule has 0 radical (unpaired) electrons. The Labute approximate surface area is 192 Å². The predicted molar refractivity (Wildman–Crippen MR) is 114 cm³/mol. The van der Waals surface area contributed by atoms with E-state index in [1.54, 1.807) is 6.07 Å².